The molecule has 1 aromatic heterocycles. The second-order valence-electron chi connectivity index (χ2n) is 4.00. The SMILES string of the molecule is Nc1n[nH]c(Cc2ccc3ccccc3c2)n1. The molecule has 2 aromatic carbocycles. The topological polar surface area (TPSA) is 67.6 Å². The van der Waals surface area contributed by atoms with Crippen LogP contribution in [0.1, 0.15) is 11.4 Å². The fourth-order valence-corrected chi connectivity index (χ4v) is 1.93. The van der Waals surface area contributed by atoms with Crippen LogP contribution in [-0.2, 0) is 6.42 Å². The van der Waals surface area contributed by atoms with Gasteiger partial charge in [0.1, 0.15) is 5.82 Å². The van der Waals surface area contributed by atoms with Crippen LogP contribution in [0.25, 0.3) is 10.8 Å². The Hall–Kier alpha value is -2.36. The van der Waals surface area contributed by atoms with E-state index in [0.29, 0.717) is 5.95 Å². The van der Waals surface area contributed by atoms with Crippen LogP contribution in [0.5, 0.6) is 0 Å². The lowest BCUT2D eigenvalue weighted by atomic mass is 10.1. The van der Waals surface area contributed by atoms with E-state index in [-0.39, 0.29) is 0 Å². The van der Waals surface area contributed by atoms with E-state index in [1.807, 2.05) is 12.1 Å². The van der Waals surface area contributed by atoms with Crippen LogP contribution in [0.3, 0.4) is 0 Å². The van der Waals surface area contributed by atoms with Gasteiger partial charge in [-0.3, -0.25) is 5.10 Å². The highest BCUT2D eigenvalue weighted by Gasteiger charge is 2.02. The summed E-state index contributed by atoms with van der Waals surface area (Å²) in [6, 6.07) is 14.7. The molecule has 0 saturated heterocycles. The summed E-state index contributed by atoms with van der Waals surface area (Å²) < 4.78 is 0. The highest BCUT2D eigenvalue weighted by molar-refractivity contribution is 5.83. The smallest absolute Gasteiger partial charge is 0.239 e. The minimum atomic E-state index is 0.292. The lowest BCUT2D eigenvalue weighted by molar-refractivity contribution is 0.974. The quantitative estimate of drug-likeness (QED) is 0.700. The highest BCUT2D eigenvalue weighted by Crippen LogP contribution is 2.17. The van der Waals surface area contributed by atoms with Crippen molar-refractivity contribution in [3.63, 3.8) is 0 Å². The highest BCUT2D eigenvalue weighted by atomic mass is 15.3. The summed E-state index contributed by atoms with van der Waals surface area (Å²) in [5.74, 6) is 1.08. The average molecular weight is 224 g/mol. The van der Waals surface area contributed by atoms with Gasteiger partial charge in [0.05, 0.1) is 0 Å². The molecule has 1 heterocycles. The van der Waals surface area contributed by atoms with E-state index < -0.39 is 0 Å². The van der Waals surface area contributed by atoms with E-state index in [1.165, 1.54) is 16.3 Å². The van der Waals surface area contributed by atoms with Gasteiger partial charge in [0.25, 0.3) is 0 Å². The van der Waals surface area contributed by atoms with Gasteiger partial charge in [-0.05, 0) is 16.3 Å². The number of nitrogens with zero attached hydrogens (tertiary/aromatic N) is 2. The molecule has 4 heteroatoms. The Morgan fingerprint density at radius 1 is 1.06 bits per heavy atom. The third kappa shape index (κ3) is 1.97. The fourth-order valence-electron chi connectivity index (χ4n) is 1.93. The van der Waals surface area contributed by atoms with Gasteiger partial charge in [-0.1, -0.05) is 42.5 Å². The third-order valence-electron chi connectivity index (χ3n) is 2.73. The Morgan fingerprint density at radius 2 is 1.88 bits per heavy atom. The molecular weight excluding hydrogens is 212 g/mol. The molecule has 0 amide bonds. The van der Waals surface area contributed by atoms with E-state index in [1.54, 1.807) is 0 Å². The molecular formula is C13H12N4. The number of anilines is 1. The van der Waals surface area contributed by atoms with Crippen LogP contribution in [0.2, 0.25) is 0 Å². The van der Waals surface area contributed by atoms with Crippen molar-refractivity contribution in [3.8, 4) is 0 Å². The number of fused-ring (bicyclic) bond motifs is 1. The van der Waals surface area contributed by atoms with Crippen LogP contribution >= 0.6 is 0 Å². The number of hydrogen-bond donors (Lipinski definition) is 2. The Bertz CT molecular complexity index is 657. The summed E-state index contributed by atoms with van der Waals surface area (Å²) in [7, 11) is 0. The number of aromatic nitrogens is 3. The van der Waals surface area contributed by atoms with Crippen molar-refractivity contribution in [2.75, 3.05) is 5.73 Å². The predicted molar refractivity (Wildman–Crippen MR) is 67.5 cm³/mol. The first kappa shape index (κ1) is 9.84. The van der Waals surface area contributed by atoms with Gasteiger partial charge in [-0.2, -0.15) is 4.98 Å². The lowest BCUT2D eigenvalue weighted by Crippen LogP contribution is -1.91. The molecule has 3 N–H and O–H groups in total. The van der Waals surface area contributed by atoms with Crippen LogP contribution in [0, 0.1) is 0 Å². The van der Waals surface area contributed by atoms with Gasteiger partial charge >= 0.3 is 0 Å². The molecule has 0 atom stereocenters. The summed E-state index contributed by atoms with van der Waals surface area (Å²) in [5.41, 5.74) is 6.66. The molecule has 0 fully saturated rings. The van der Waals surface area contributed by atoms with E-state index in [4.69, 9.17) is 5.73 Å². The normalized spacial score (nSPS) is 10.8. The molecule has 0 radical (unpaired) electrons. The summed E-state index contributed by atoms with van der Waals surface area (Å²) in [6.07, 6.45) is 0.717. The van der Waals surface area contributed by atoms with Crippen molar-refractivity contribution in [1.82, 2.24) is 15.2 Å². The van der Waals surface area contributed by atoms with Crippen LogP contribution in [0.4, 0.5) is 5.95 Å². The first-order valence-corrected chi connectivity index (χ1v) is 5.46. The Labute approximate surface area is 98.5 Å². The van der Waals surface area contributed by atoms with Gasteiger partial charge in [0, 0.05) is 6.42 Å². The molecule has 0 unspecified atom stereocenters. The van der Waals surface area contributed by atoms with E-state index >= 15 is 0 Å². The Morgan fingerprint density at radius 3 is 2.65 bits per heavy atom. The van der Waals surface area contributed by atoms with Gasteiger partial charge in [-0.15, -0.1) is 5.10 Å². The van der Waals surface area contributed by atoms with Crippen molar-refractivity contribution in [2.45, 2.75) is 6.42 Å². The molecule has 0 aliphatic heterocycles. The third-order valence-corrected chi connectivity index (χ3v) is 2.73. The monoisotopic (exact) mass is 224 g/mol. The van der Waals surface area contributed by atoms with E-state index in [2.05, 4.69) is 45.5 Å². The molecule has 84 valence electrons. The van der Waals surface area contributed by atoms with E-state index in [9.17, 15) is 0 Å². The number of aromatic amines is 1. The number of benzene rings is 2. The van der Waals surface area contributed by atoms with Crippen molar-refractivity contribution in [2.24, 2.45) is 0 Å². The summed E-state index contributed by atoms with van der Waals surface area (Å²) >= 11 is 0. The Balaban J connectivity index is 1.95. The second kappa shape index (κ2) is 3.90. The zero-order chi connectivity index (χ0) is 11.7. The number of rotatable bonds is 2. The van der Waals surface area contributed by atoms with Crippen LogP contribution < -0.4 is 5.73 Å². The second-order valence-corrected chi connectivity index (χ2v) is 4.00. The summed E-state index contributed by atoms with van der Waals surface area (Å²) in [5, 5.41) is 9.11. The maximum absolute atomic E-state index is 5.47. The molecule has 4 nitrogen and oxygen atoms in total. The molecule has 0 spiro atoms. The van der Waals surface area contributed by atoms with Crippen LogP contribution in [0.15, 0.2) is 42.5 Å². The maximum atomic E-state index is 5.47. The zero-order valence-corrected chi connectivity index (χ0v) is 9.22. The minimum Gasteiger partial charge on any atom is -0.367 e. The molecule has 0 bridgehead atoms. The fraction of sp³-hybridized carbons (Fsp3) is 0.0769. The van der Waals surface area contributed by atoms with Crippen molar-refractivity contribution < 1.29 is 0 Å². The maximum Gasteiger partial charge on any atom is 0.239 e. The molecule has 3 aromatic rings. The molecule has 3 rings (SSSR count). The lowest BCUT2D eigenvalue weighted by Gasteiger charge is -2.01. The molecule has 0 saturated carbocycles. The largest absolute Gasteiger partial charge is 0.367 e. The van der Waals surface area contributed by atoms with Gasteiger partial charge in [-0.25, -0.2) is 0 Å². The van der Waals surface area contributed by atoms with Crippen molar-refractivity contribution in [1.29, 1.82) is 0 Å². The van der Waals surface area contributed by atoms with Gasteiger partial charge < -0.3 is 5.73 Å². The number of H-pyrrole nitrogens is 1. The molecule has 17 heavy (non-hydrogen) atoms. The molecule has 0 aliphatic rings. The summed E-state index contributed by atoms with van der Waals surface area (Å²) in [4.78, 5) is 4.10. The van der Waals surface area contributed by atoms with Gasteiger partial charge in [0.2, 0.25) is 5.95 Å². The summed E-state index contributed by atoms with van der Waals surface area (Å²) in [6.45, 7) is 0. The van der Waals surface area contributed by atoms with Crippen molar-refractivity contribution >= 4 is 16.7 Å². The first-order chi connectivity index (χ1) is 8.31. The average Bonchev–Trinajstić information content (AvgIpc) is 2.75. The number of nitrogens with two attached hydrogens (primary N) is 1. The molecule has 0 aliphatic carbocycles. The predicted octanol–water partition coefficient (Wildman–Crippen LogP) is 2.13. The van der Waals surface area contributed by atoms with E-state index in [0.717, 1.165) is 12.2 Å². The van der Waals surface area contributed by atoms with Crippen molar-refractivity contribution in [3.05, 3.63) is 53.9 Å². The first-order valence-electron chi connectivity index (χ1n) is 5.46. The Kier molecular flexibility index (Phi) is 2.26. The number of nitrogens with one attached hydrogen (secondary N) is 1. The zero-order valence-electron chi connectivity index (χ0n) is 9.22. The standard InChI is InChI=1S/C13H12N4/c14-13-15-12(16-17-13)8-9-5-6-10-3-1-2-4-11(10)7-9/h1-7H,8H2,(H3,14,15,16,17). The van der Waals surface area contributed by atoms with Gasteiger partial charge in [0.15, 0.2) is 0 Å². The number of nitrogen functional groups attached to an aromatic ring is 1. The van der Waals surface area contributed by atoms with Crippen LogP contribution in [-0.4, -0.2) is 15.2 Å². The minimum absolute atomic E-state index is 0.292. The number of hydrogen-bond acceptors (Lipinski definition) is 3.